The summed E-state index contributed by atoms with van der Waals surface area (Å²) in [5.74, 6) is -0.416. The van der Waals surface area contributed by atoms with Gasteiger partial charge in [-0.05, 0) is 44.4 Å². The molecule has 0 bridgehead atoms. The van der Waals surface area contributed by atoms with Crippen LogP contribution in [0.25, 0.3) is 0 Å². The second-order valence-corrected chi connectivity index (χ2v) is 14.3. The SMILES string of the molecule is C=C(C/C(CCCC)=C(\C)C[Si](C)(C)c1ccccc1)CN1C(=O)c2ccccc2C1=O. The van der Waals surface area contributed by atoms with Crippen molar-refractivity contribution >= 4 is 25.1 Å². The lowest BCUT2D eigenvalue weighted by Gasteiger charge is -2.26. The van der Waals surface area contributed by atoms with E-state index in [0.717, 1.165) is 37.3 Å². The van der Waals surface area contributed by atoms with Crippen LogP contribution in [0.5, 0.6) is 0 Å². The topological polar surface area (TPSA) is 37.4 Å². The van der Waals surface area contributed by atoms with Crippen LogP contribution in [0.1, 0.15) is 60.2 Å². The van der Waals surface area contributed by atoms with Crippen molar-refractivity contribution < 1.29 is 9.59 Å². The number of nitrogens with zero attached hydrogens (tertiary/aromatic N) is 1. The molecule has 3 rings (SSSR count). The minimum absolute atomic E-state index is 0.208. The first-order chi connectivity index (χ1) is 15.2. The van der Waals surface area contributed by atoms with Crippen LogP contribution in [0, 0.1) is 0 Å². The highest BCUT2D eigenvalue weighted by molar-refractivity contribution is 6.90. The van der Waals surface area contributed by atoms with Crippen LogP contribution in [0.15, 0.2) is 77.9 Å². The summed E-state index contributed by atoms with van der Waals surface area (Å²) < 4.78 is 0. The van der Waals surface area contributed by atoms with Crippen molar-refractivity contribution in [3.8, 4) is 0 Å². The van der Waals surface area contributed by atoms with Crippen molar-refractivity contribution in [2.75, 3.05) is 6.54 Å². The van der Waals surface area contributed by atoms with E-state index in [1.165, 1.54) is 21.2 Å². The molecule has 0 spiro atoms. The smallest absolute Gasteiger partial charge is 0.261 e. The second-order valence-electron chi connectivity index (χ2n) is 9.58. The Morgan fingerprint density at radius 1 is 0.938 bits per heavy atom. The molecule has 0 aromatic heterocycles. The van der Waals surface area contributed by atoms with Crippen molar-refractivity contribution in [2.45, 2.75) is 58.7 Å². The van der Waals surface area contributed by atoms with Crippen molar-refractivity contribution in [2.24, 2.45) is 0 Å². The maximum atomic E-state index is 12.7. The lowest BCUT2D eigenvalue weighted by atomic mass is 9.97. The lowest BCUT2D eigenvalue weighted by Crippen LogP contribution is -2.41. The van der Waals surface area contributed by atoms with Gasteiger partial charge in [-0.1, -0.05) is 97.4 Å². The van der Waals surface area contributed by atoms with E-state index in [1.54, 1.807) is 24.3 Å². The van der Waals surface area contributed by atoms with Gasteiger partial charge in [0.1, 0.15) is 0 Å². The van der Waals surface area contributed by atoms with E-state index in [0.29, 0.717) is 11.1 Å². The highest BCUT2D eigenvalue weighted by atomic mass is 28.3. The molecule has 168 valence electrons. The molecule has 0 aliphatic carbocycles. The number of fused-ring (bicyclic) bond motifs is 1. The van der Waals surface area contributed by atoms with Crippen LogP contribution >= 0.6 is 0 Å². The zero-order valence-electron chi connectivity index (χ0n) is 19.9. The molecular weight excluding hydrogens is 410 g/mol. The molecule has 0 unspecified atom stereocenters. The zero-order chi connectivity index (χ0) is 23.3. The average molecular weight is 446 g/mol. The number of rotatable bonds is 10. The number of unbranched alkanes of at least 4 members (excludes halogenated alkanes) is 1. The van der Waals surface area contributed by atoms with Gasteiger partial charge in [0.25, 0.3) is 11.8 Å². The van der Waals surface area contributed by atoms with Gasteiger partial charge in [-0.15, -0.1) is 0 Å². The normalized spacial score (nSPS) is 14.4. The van der Waals surface area contributed by atoms with Gasteiger partial charge in [-0.3, -0.25) is 14.5 Å². The molecule has 32 heavy (non-hydrogen) atoms. The summed E-state index contributed by atoms with van der Waals surface area (Å²) in [6.45, 7) is 13.9. The zero-order valence-corrected chi connectivity index (χ0v) is 20.9. The number of benzene rings is 2. The fraction of sp³-hybridized carbons (Fsp3) is 0.357. The number of carbonyl (C=O) groups is 2. The van der Waals surface area contributed by atoms with Gasteiger partial charge >= 0.3 is 0 Å². The Hall–Kier alpha value is -2.72. The van der Waals surface area contributed by atoms with Gasteiger partial charge in [0, 0.05) is 0 Å². The first kappa shape index (κ1) is 23.9. The van der Waals surface area contributed by atoms with E-state index in [2.05, 4.69) is 63.9 Å². The summed E-state index contributed by atoms with van der Waals surface area (Å²) in [6.07, 6.45) is 4.07. The largest absolute Gasteiger partial charge is 0.270 e. The molecule has 0 N–H and O–H groups in total. The maximum absolute atomic E-state index is 12.7. The number of amides is 2. The monoisotopic (exact) mass is 445 g/mol. The molecule has 0 saturated heterocycles. The molecule has 0 radical (unpaired) electrons. The number of allylic oxidation sites excluding steroid dienone is 2. The Bertz CT molecular complexity index is 1000. The van der Waals surface area contributed by atoms with Crippen molar-refractivity contribution in [1.29, 1.82) is 0 Å². The van der Waals surface area contributed by atoms with Crippen molar-refractivity contribution in [3.63, 3.8) is 0 Å². The van der Waals surface area contributed by atoms with Gasteiger partial charge in [0.05, 0.1) is 25.7 Å². The summed E-state index contributed by atoms with van der Waals surface area (Å²) in [6, 6.07) is 19.0. The van der Waals surface area contributed by atoms with Crippen LogP contribution < -0.4 is 5.19 Å². The van der Waals surface area contributed by atoms with Gasteiger partial charge < -0.3 is 0 Å². The minimum Gasteiger partial charge on any atom is -0.270 e. The Morgan fingerprint density at radius 3 is 2.06 bits per heavy atom. The Kier molecular flexibility index (Phi) is 7.67. The quantitative estimate of drug-likeness (QED) is 0.243. The van der Waals surface area contributed by atoms with E-state index < -0.39 is 8.07 Å². The number of imide groups is 1. The molecule has 2 aromatic carbocycles. The molecule has 4 heteroatoms. The van der Waals surface area contributed by atoms with Crippen LogP contribution in [-0.4, -0.2) is 31.3 Å². The van der Waals surface area contributed by atoms with E-state index in [9.17, 15) is 9.59 Å². The van der Waals surface area contributed by atoms with E-state index in [4.69, 9.17) is 0 Å². The van der Waals surface area contributed by atoms with Crippen molar-refractivity contribution in [1.82, 2.24) is 4.90 Å². The minimum atomic E-state index is -1.60. The van der Waals surface area contributed by atoms with E-state index in [-0.39, 0.29) is 18.4 Å². The van der Waals surface area contributed by atoms with Crippen LogP contribution in [-0.2, 0) is 0 Å². The molecule has 0 fully saturated rings. The van der Waals surface area contributed by atoms with Crippen LogP contribution in [0.4, 0.5) is 0 Å². The highest BCUT2D eigenvalue weighted by Gasteiger charge is 2.35. The maximum Gasteiger partial charge on any atom is 0.261 e. The van der Waals surface area contributed by atoms with Crippen molar-refractivity contribution in [3.05, 3.63) is 89.0 Å². The summed E-state index contributed by atoms with van der Waals surface area (Å²) in [5, 5.41) is 1.47. The Balaban J connectivity index is 1.74. The first-order valence-corrected chi connectivity index (χ1v) is 14.8. The lowest BCUT2D eigenvalue weighted by molar-refractivity contribution is 0.0667. The first-order valence-electron chi connectivity index (χ1n) is 11.6. The molecule has 1 aliphatic heterocycles. The molecule has 0 atom stereocenters. The van der Waals surface area contributed by atoms with Crippen LogP contribution in [0.2, 0.25) is 19.1 Å². The van der Waals surface area contributed by atoms with Crippen LogP contribution in [0.3, 0.4) is 0 Å². The average Bonchev–Trinajstić information content (AvgIpc) is 3.02. The number of hydrogen-bond donors (Lipinski definition) is 0. The van der Waals surface area contributed by atoms with E-state index in [1.807, 2.05) is 0 Å². The molecule has 1 heterocycles. The fourth-order valence-corrected chi connectivity index (χ4v) is 7.46. The van der Waals surface area contributed by atoms with E-state index >= 15 is 0 Å². The van der Waals surface area contributed by atoms with Gasteiger partial charge in [0.2, 0.25) is 0 Å². The third-order valence-electron chi connectivity index (χ3n) is 6.42. The third-order valence-corrected chi connectivity index (χ3v) is 9.73. The standard InChI is InChI=1S/C28H35NO2Si/c1-6-7-13-23(22(3)20-32(4,5)24-14-9-8-10-15-24)18-21(2)19-29-27(30)25-16-11-12-17-26(25)28(29)31/h8-12,14-17H,2,6-7,13,18-20H2,1,3-5H3/b23-22+. The second kappa shape index (κ2) is 10.3. The fourth-order valence-electron chi connectivity index (χ4n) is 4.59. The number of carbonyl (C=O) groups excluding carboxylic acids is 2. The molecule has 0 saturated carbocycles. The molecule has 1 aliphatic rings. The molecule has 2 aromatic rings. The van der Waals surface area contributed by atoms with Gasteiger partial charge in [-0.2, -0.15) is 0 Å². The third kappa shape index (κ3) is 5.36. The van der Waals surface area contributed by atoms with Gasteiger partial charge in [-0.25, -0.2) is 0 Å². The van der Waals surface area contributed by atoms with Gasteiger partial charge in [0.15, 0.2) is 0 Å². The highest BCUT2D eigenvalue weighted by Crippen LogP contribution is 2.29. The predicted octanol–water partition coefficient (Wildman–Crippen LogP) is 6.35. The summed E-state index contributed by atoms with van der Waals surface area (Å²) in [4.78, 5) is 26.8. The summed E-state index contributed by atoms with van der Waals surface area (Å²) in [7, 11) is -1.60. The molecule has 3 nitrogen and oxygen atoms in total. The summed E-state index contributed by atoms with van der Waals surface area (Å²) >= 11 is 0. The Morgan fingerprint density at radius 2 is 1.50 bits per heavy atom. The molecule has 2 amide bonds. The molecular formula is C28H35NO2Si. The predicted molar refractivity (Wildman–Crippen MR) is 136 cm³/mol. The summed E-state index contributed by atoms with van der Waals surface area (Å²) in [5.41, 5.74) is 4.79. The number of hydrogen-bond acceptors (Lipinski definition) is 2. The Labute approximate surface area is 193 Å².